The molecule has 18 heavy (non-hydrogen) atoms. The van der Waals surface area contributed by atoms with E-state index in [4.69, 9.17) is 5.73 Å². The molecule has 1 unspecified atom stereocenters. The predicted molar refractivity (Wildman–Crippen MR) is 83.2 cm³/mol. The third-order valence-electron chi connectivity index (χ3n) is 3.06. The molecule has 0 amide bonds. The van der Waals surface area contributed by atoms with Gasteiger partial charge in [-0.05, 0) is 30.9 Å². The van der Waals surface area contributed by atoms with Crippen molar-refractivity contribution in [2.75, 3.05) is 13.1 Å². The van der Waals surface area contributed by atoms with Crippen LogP contribution in [0.15, 0.2) is 30.3 Å². The predicted octanol–water partition coefficient (Wildman–Crippen LogP) is 2.49. The fraction of sp³-hybridized carbons (Fsp3) is 0.600. The first-order valence-corrected chi connectivity index (χ1v) is 7.29. The van der Waals surface area contributed by atoms with E-state index in [2.05, 4.69) is 56.1 Å². The number of nitrogens with two attached hydrogens (primary N) is 1. The Morgan fingerprint density at radius 3 is 2.50 bits per heavy atom. The molecule has 0 aliphatic rings. The molecule has 3 N–H and O–H groups in total. The standard InChI is InChI=1S/C15H26N2S/c1-12(2)8-9-17-11-15(18)14(16)10-13-6-4-3-5-7-13/h3-7,12,14-15,17-18H,8-11,16H2,1-2H3/t14-,15?/m0/s1. The molecule has 1 rings (SSSR count). The lowest BCUT2D eigenvalue weighted by atomic mass is 10.0. The van der Waals surface area contributed by atoms with Crippen molar-refractivity contribution in [1.29, 1.82) is 0 Å². The maximum Gasteiger partial charge on any atom is 0.0296 e. The average Bonchev–Trinajstić information content (AvgIpc) is 2.35. The van der Waals surface area contributed by atoms with E-state index in [1.807, 2.05) is 6.07 Å². The zero-order valence-electron chi connectivity index (χ0n) is 11.5. The largest absolute Gasteiger partial charge is 0.326 e. The first kappa shape index (κ1) is 15.5. The van der Waals surface area contributed by atoms with Gasteiger partial charge in [0.25, 0.3) is 0 Å². The van der Waals surface area contributed by atoms with E-state index in [9.17, 15) is 0 Å². The number of hydrogen-bond acceptors (Lipinski definition) is 3. The van der Waals surface area contributed by atoms with E-state index in [1.165, 1.54) is 12.0 Å². The van der Waals surface area contributed by atoms with Gasteiger partial charge >= 0.3 is 0 Å². The maximum absolute atomic E-state index is 6.17. The van der Waals surface area contributed by atoms with Crippen LogP contribution in [0.5, 0.6) is 0 Å². The van der Waals surface area contributed by atoms with Crippen molar-refractivity contribution >= 4 is 12.6 Å². The summed E-state index contributed by atoms with van der Waals surface area (Å²) in [7, 11) is 0. The Bertz CT molecular complexity index is 314. The van der Waals surface area contributed by atoms with Gasteiger partial charge in [-0.25, -0.2) is 0 Å². The second kappa shape index (κ2) is 8.57. The van der Waals surface area contributed by atoms with Gasteiger partial charge in [0.1, 0.15) is 0 Å². The molecule has 0 bridgehead atoms. The summed E-state index contributed by atoms with van der Waals surface area (Å²) in [5, 5.41) is 3.63. The van der Waals surface area contributed by atoms with Crippen molar-refractivity contribution in [1.82, 2.24) is 5.32 Å². The van der Waals surface area contributed by atoms with Crippen LogP contribution >= 0.6 is 12.6 Å². The van der Waals surface area contributed by atoms with Crippen molar-refractivity contribution in [3.8, 4) is 0 Å². The third-order valence-corrected chi connectivity index (χ3v) is 3.63. The summed E-state index contributed by atoms with van der Waals surface area (Å²) >= 11 is 4.59. The molecule has 0 heterocycles. The lowest BCUT2D eigenvalue weighted by Crippen LogP contribution is -2.40. The molecule has 2 atom stereocenters. The number of hydrogen-bond donors (Lipinski definition) is 3. The van der Waals surface area contributed by atoms with Gasteiger partial charge in [0.05, 0.1) is 0 Å². The first-order chi connectivity index (χ1) is 8.59. The van der Waals surface area contributed by atoms with Gasteiger partial charge in [-0.1, -0.05) is 44.2 Å². The molecule has 2 nitrogen and oxygen atoms in total. The van der Waals surface area contributed by atoms with Crippen molar-refractivity contribution in [3.63, 3.8) is 0 Å². The maximum atomic E-state index is 6.17. The van der Waals surface area contributed by atoms with E-state index in [0.717, 1.165) is 25.4 Å². The van der Waals surface area contributed by atoms with Crippen LogP contribution in [-0.4, -0.2) is 24.4 Å². The Morgan fingerprint density at radius 2 is 1.89 bits per heavy atom. The van der Waals surface area contributed by atoms with Crippen LogP contribution in [0, 0.1) is 5.92 Å². The zero-order valence-corrected chi connectivity index (χ0v) is 12.4. The van der Waals surface area contributed by atoms with Crippen molar-refractivity contribution in [3.05, 3.63) is 35.9 Å². The second-order valence-electron chi connectivity index (χ2n) is 5.31. The van der Waals surface area contributed by atoms with Crippen molar-refractivity contribution in [2.24, 2.45) is 11.7 Å². The highest BCUT2D eigenvalue weighted by Crippen LogP contribution is 2.08. The van der Waals surface area contributed by atoms with Crippen LogP contribution in [-0.2, 0) is 6.42 Å². The minimum Gasteiger partial charge on any atom is -0.326 e. The average molecular weight is 266 g/mol. The van der Waals surface area contributed by atoms with Crippen LogP contribution in [0.1, 0.15) is 25.8 Å². The fourth-order valence-electron chi connectivity index (χ4n) is 1.81. The van der Waals surface area contributed by atoms with Gasteiger partial charge < -0.3 is 11.1 Å². The van der Waals surface area contributed by atoms with Gasteiger partial charge in [-0.15, -0.1) is 0 Å². The van der Waals surface area contributed by atoms with Crippen molar-refractivity contribution in [2.45, 2.75) is 38.0 Å². The molecular weight excluding hydrogens is 240 g/mol. The minimum absolute atomic E-state index is 0.0993. The Kier molecular flexibility index (Phi) is 7.40. The van der Waals surface area contributed by atoms with E-state index in [1.54, 1.807) is 0 Å². The summed E-state index contributed by atoms with van der Waals surface area (Å²) in [5.41, 5.74) is 7.46. The highest BCUT2D eigenvalue weighted by atomic mass is 32.1. The summed E-state index contributed by atoms with van der Waals surface area (Å²) in [6, 6.07) is 10.5. The van der Waals surface area contributed by atoms with Gasteiger partial charge in [0.15, 0.2) is 0 Å². The van der Waals surface area contributed by atoms with E-state index < -0.39 is 0 Å². The van der Waals surface area contributed by atoms with Crippen molar-refractivity contribution < 1.29 is 0 Å². The third kappa shape index (κ3) is 6.43. The molecule has 0 saturated heterocycles. The molecule has 0 fully saturated rings. The smallest absolute Gasteiger partial charge is 0.0296 e. The number of rotatable bonds is 8. The Labute approximate surface area is 117 Å². The van der Waals surface area contributed by atoms with Crippen LogP contribution < -0.4 is 11.1 Å². The summed E-state index contributed by atoms with van der Waals surface area (Å²) in [5.74, 6) is 0.744. The monoisotopic (exact) mass is 266 g/mol. The summed E-state index contributed by atoms with van der Waals surface area (Å²) in [6.45, 7) is 6.40. The number of nitrogens with one attached hydrogen (secondary N) is 1. The second-order valence-corrected chi connectivity index (χ2v) is 5.97. The van der Waals surface area contributed by atoms with E-state index in [0.29, 0.717) is 0 Å². The topological polar surface area (TPSA) is 38.0 Å². The van der Waals surface area contributed by atoms with E-state index >= 15 is 0 Å². The fourth-order valence-corrected chi connectivity index (χ4v) is 2.05. The summed E-state index contributed by atoms with van der Waals surface area (Å²) in [4.78, 5) is 0. The lowest BCUT2D eigenvalue weighted by molar-refractivity contribution is 0.516. The zero-order chi connectivity index (χ0) is 13.4. The Morgan fingerprint density at radius 1 is 1.22 bits per heavy atom. The molecule has 1 aromatic rings. The van der Waals surface area contributed by atoms with Crippen LogP contribution in [0.2, 0.25) is 0 Å². The molecule has 102 valence electrons. The summed E-state index contributed by atoms with van der Waals surface area (Å²) < 4.78 is 0. The summed E-state index contributed by atoms with van der Waals surface area (Å²) in [6.07, 6.45) is 2.09. The van der Waals surface area contributed by atoms with Crippen LogP contribution in [0.3, 0.4) is 0 Å². The molecule has 0 aliphatic heterocycles. The molecule has 0 radical (unpaired) electrons. The molecule has 1 aromatic carbocycles. The molecule has 0 saturated carbocycles. The highest BCUT2D eigenvalue weighted by molar-refractivity contribution is 7.81. The molecule has 0 spiro atoms. The first-order valence-electron chi connectivity index (χ1n) is 6.78. The SMILES string of the molecule is CC(C)CCNCC(S)[C@@H](N)Cc1ccccc1. The van der Waals surface area contributed by atoms with Gasteiger partial charge in [-0.3, -0.25) is 0 Å². The van der Waals surface area contributed by atoms with Gasteiger partial charge in [0, 0.05) is 17.8 Å². The normalized spacial score (nSPS) is 14.7. The molecular formula is C15H26N2S. The molecule has 0 aromatic heterocycles. The minimum atomic E-state index is 0.0993. The Hall–Kier alpha value is -0.510. The quantitative estimate of drug-likeness (QED) is 0.499. The van der Waals surface area contributed by atoms with Crippen LogP contribution in [0.4, 0.5) is 0 Å². The van der Waals surface area contributed by atoms with Gasteiger partial charge in [-0.2, -0.15) is 12.6 Å². The number of thiol groups is 1. The van der Waals surface area contributed by atoms with Gasteiger partial charge in [0.2, 0.25) is 0 Å². The molecule has 0 aliphatic carbocycles. The van der Waals surface area contributed by atoms with Crippen LogP contribution in [0.25, 0.3) is 0 Å². The lowest BCUT2D eigenvalue weighted by Gasteiger charge is -2.20. The molecule has 3 heteroatoms. The highest BCUT2D eigenvalue weighted by Gasteiger charge is 2.13. The Balaban J connectivity index is 2.22. The van der Waals surface area contributed by atoms with E-state index in [-0.39, 0.29) is 11.3 Å². The number of benzene rings is 1.